The topological polar surface area (TPSA) is 29.9 Å². The first-order valence-electron chi connectivity index (χ1n) is 5.81. The van der Waals surface area contributed by atoms with E-state index in [9.17, 15) is 0 Å². The van der Waals surface area contributed by atoms with Gasteiger partial charge in [0.05, 0.1) is 5.69 Å². The highest BCUT2D eigenvalue weighted by molar-refractivity contribution is 5.12. The Bertz CT molecular complexity index is 323. The molecule has 0 atom stereocenters. The molecule has 1 aromatic heterocycles. The molecule has 1 aromatic rings. The summed E-state index contributed by atoms with van der Waals surface area (Å²) >= 11 is 0. The van der Waals surface area contributed by atoms with Gasteiger partial charge < -0.3 is 5.32 Å². The SMILES string of the molecule is Cn1ccc(C(C)(C)CCNC2CC2)n1. The molecule has 1 saturated carbocycles. The van der Waals surface area contributed by atoms with Crippen LogP contribution in [0.1, 0.15) is 38.8 Å². The third-order valence-corrected chi connectivity index (χ3v) is 3.17. The average molecular weight is 207 g/mol. The second kappa shape index (κ2) is 3.97. The van der Waals surface area contributed by atoms with Gasteiger partial charge in [0.25, 0.3) is 0 Å². The number of aryl methyl sites for hydroxylation is 1. The summed E-state index contributed by atoms with van der Waals surface area (Å²) in [4.78, 5) is 0. The van der Waals surface area contributed by atoms with Gasteiger partial charge >= 0.3 is 0 Å². The van der Waals surface area contributed by atoms with E-state index in [4.69, 9.17) is 0 Å². The lowest BCUT2D eigenvalue weighted by atomic mass is 9.86. The van der Waals surface area contributed by atoms with Crippen LogP contribution in [0.3, 0.4) is 0 Å². The summed E-state index contributed by atoms with van der Waals surface area (Å²) in [6.45, 7) is 5.64. The standard InChI is InChI=1S/C12H21N3/c1-12(2,7-8-13-10-4-5-10)11-6-9-15(3)14-11/h6,9-10,13H,4-5,7-8H2,1-3H3. The monoisotopic (exact) mass is 207 g/mol. The van der Waals surface area contributed by atoms with Crippen molar-refractivity contribution < 1.29 is 0 Å². The lowest BCUT2D eigenvalue weighted by molar-refractivity contribution is 0.439. The molecule has 84 valence electrons. The predicted molar refractivity (Wildman–Crippen MR) is 61.9 cm³/mol. The molecule has 0 radical (unpaired) electrons. The van der Waals surface area contributed by atoms with Crippen LogP contribution in [0.4, 0.5) is 0 Å². The summed E-state index contributed by atoms with van der Waals surface area (Å²) in [5.74, 6) is 0. The van der Waals surface area contributed by atoms with Crippen molar-refractivity contribution >= 4 is 0 Å². The lowest BCUT2D eigenvalue weighted by Crippen LogP contribution is -2.27. The van der Waals surface area contributed by atoms with E-state index in [1.807, 2.05) is 17.9 Å². The Kier molecular flexibility index (Phi) is 2.83. The fraction of sp³-hybridized carbons (Fsp3) is 0.750. The van der Waals surface area contributed by atoms with Crippen LogP contribution in [0.5, 0.6) is 0 Å². The van der Waals surface area contributed by atoms with Crippen molar-refractivity contribution in [1.82, 2.24) is 15.1 Å². The van der Waals surface area contributed by atoms with Gasteiger partial charge in [-0.2, -0.15) is 5.10 Å². The van der Waals surface area contributed by atoms with E-state index in [1.54, 1.807) is 0 Å². The van der Waals surface area contributed by atoms with Crippen LogP contribution < -0.4 is 5.32 Å². The van der Waals surface area contributed by atoms with Crippen LogP contribution in [0.25, 0.3) is 0 Å². The van der Waals surface area contributed by atoms with Crippen LogP contribution >= 0.6 is 0 Å². The van der Waals surface area contributed by atoms with E-state index in [1.165, 1.54) is 18.5 Å². The first-order valence-corrected chi connectivity index (χ1v) is 5.81. The van der Waals surface area contributed by atoms with E-state index in [0.29, 0.717) is 0 Å². The Morgan fingerprint density at radius 1 is 1.53 bits per heavy atom. The molecule has 1 fully saturated rings. The van der Waals surface area contributed by atoms with Gasteiger partial charge in [0.15, 0.2) is 0 Å². The number of nitrogens with zero attached hydrogens (tertiary/aromatic N) is 2. The zero-order chi connectivity index (χ0) is 10.9. The summed E-state index contributed by atoms with van der Waals surface area (Å²) in [6, 6.07) is 2.93. The summed E-state index contributed by atoms with van der Waals surface area (Å²) < 4.78 is 1.88. The minimum Gasteiger partial charge on any atom is -0.314 e. The number of hydrogen-bond donors (Lipinski definition) is 1. The highest BCUT2D eigenvalue weighted by Gasteiger charge is 2.25. The van der Waals surface area contributed by atoms with Crippen molar-refractivity contribution in [3.63, 3.8) is 0 Å². The number of aromatic nitrogens is 2. The molecule has 0 amide bonds. The maximum absolute atomic E-state index is 4.48. The summed E-state index contributed by atoms with van der Waals surface area (Å²) in [5.41, 5.74) is 1.38. The third kappa shape index (κ3) is 2.81. The molecule has 3 heteroatoms. The van der Waals surface area contributed by atoms with Crippen molar-refractivity contribution in [3.8, 4) is 0 Å². The Morgan fingerprint density at radius 2 is 2.27 bits per heavy atom. The van der Waals surface area contributed by atoms with Gasteiger partial charge in [-0.25, -0.2) is 0 Å². The molecular formula is C12H21N3. The molecule has 2 rings (SSSR count). The van der Waals surface area contributed by atoms with Crippen molar-refractivity contribution in [3.05, 3.63) is 18.0 Å². The smallest absolute Gasteiger partial charge is 0.0681 e. The van der Waals surface area contributed by atoms with Crippen LogP contribution in [0.2, 0.25) is 0 Å². The fourth-order valence-corrected chi connectivity index (χ4v) is 1.78. The van der Waals surface area contributed by atoms with Crippen LogP contribution in [-0.2, 0) is 12.5 Å². The first-order chi connectivity index (χ1) is 7.08. The molecule has 1 N–H and O–H groups in total. The quantitative estimate of drug-likeness (QED) is 0.798. The lowest BCUT2D eigenvalue weighted by Gasteiger charge is -2.22. The van der Waals surface area contributed by atoms with Gasteiger partial charge in [-0.15, -0.1) is 0 Å². The summed E-state index contributed by atoms with van der Waals surface area (Å²) in [6.07, 6.45) is 5.90. The Labute approximate surface area is 91.9 Å². The number of nitrogens with one attached hydrogen (secondary N) is 1. The van der Waals surface area contributed by atoms with Crippen LogP contribution in [-0.4, -0.2) is 22.4 Å². The van der Waals surface area contributed by atoms with Gasteiger partial charge in [-0.3, -0.25) is 4.68 Å². The Hall–Kier alpha value is -0.830. The van der Waals surface area contributed by atoms with Crippen molar-refractivity contribution in [2.24, 2.45) is 7.05 Å². The maximum atomic E-state index is 4.48. The van der Waals surface area contributed by atoms with Crippen LogP contribution in [0.15, 0.2) is 12.3 Å². The van der Waals surface area contributed by atoms with Gasteiger partial charge in [0.2, 0.25) is 0 Å². The Morgan fingerprint density at radius 3 is 2.80 bits per heavy atom. The third-order valence-electron chi connectivity index (χ3n) is 3.17. The molecule has 1 heterocycles. The molecule has 0 saturated heterocycles. The zero-order valence-corrected chi connectivity index (χ0v) is 9.95. The van der Waals surface area contributed by atoms with E-state index in [0.717, 1.165) is 19.0 Å². The molecule has 15 heavy (non-hydrogen) atoms. The summed E-state index contributed by atoms with van der Waals surface area (Å²) in [5, 5.41) is 8.04. The predicted octanol–water partition coefficient (Wildman–Crippen LogP) is 1.84. The van der Waals surface area contributed by atoms with E-state index in [2.05, 4.69) is 30.3 Å². The molecule has 0 aliphatic heterocycles. The van der Waals surface area contributed by atoms with Crippen molar-refractivity contribution in [2.75, 3.05) is 6.54 Å². The number of hydrogen-bond acceptors (Lipinski definition) is 2. The number of rotatable bonds is 5. The molecule has 3 nitrogen and oxygen atoms in total. The molecule has 0 bridgehead atoms. The molecule has 1 aliphatic carbocycles. The normalized spacial score (nSPS) is 17.0. The fourth-order valence-electron chi connectivity index (χ4n) is 1.78. The molecule has 0 spiro atoms. The Balaban J connectivity index is 1.86. The molecule has 0 unspecified atom stereocenters. The van der Waals surface area contributed by atoms with Gasteiger partial charge in [0.1, 0.15) is 0 Å². The van der Waals surface area contributed by atoms with Crippen molar-refractivity contribution in [1.29, 1.82) is 0 Å². The summed E-state index contributed by atoms with van der Waals surface area (Å²) in [7, 11) is 1.97. The highest BCUT2D eigenvalue weighted by atomic mass is 15.2. The zero-order valence-electron chi connectivity index (χ0n) is 9.95. The van der Waals surface area contributed by atoms with E-state index >= 15 is 0 Å². The van der Waals surface area contributed by atoms with Gasteiger partial charge in [0, 0.05) is 24.7 Å². The van der Waals surface area contributed by atoms with E-state index in [-0.39, 0.29) is 5.41 Å². The first kappa shape index (κ1) is 10.7. The molecule has 1 aliphatic rings. The minimum atomic E-state index is 0.184. The van der Waals surface area contributed by atoms with Gasteiger partial charge in [-0.1, -0.05) is 13.8 Å². The van der Waals surface area contributed by atoms with Crippen LogP contribution in [0, 0.1) is 0 Å². The second-order valence-corrected chi connectivity index (χ2v) is 5.24. The van der Waals surface area contributed by atoms with Gasteiger partial charge in [-0.05, 0) is 31.9 Å². The van der Waals surface area contributed by atoms with Crippen molar-refractivity contribution in [2.45, 2.75) is 44.6 Å². The maximum Gasteiger partial charge on any atom is 0.0681 e. The molecular weight excluding hydrogens is 186 g/mol. The highest BCUT2D eigenvalue weighted by Crippen LogP contribution is 2.25. The van der Waals surface area contributed by atoms with E-state index < -0.39 is 0 Å². The molecule has 0 aromatic carbocycles. The minimum absolute atomic E-state index is 0.184. The average Bonchev–Trinajstić information content (AvgIpc) is 2.86. The largest absolute Gasteiger partial charge is 0.314 e. The second-order valence-electron chi connectivity index (χ2n) is 5.24.